The van der Waals surface area contributed by atoms with Crippen LogP contribution in [0.1, 0.15) is 25.2 Å². The van der Waals surface area contributed by atoms with Gasteiger partial charge in [0, 0.05) is 6.54 Å². The lowest BCUT2D eigenvalue weighted by atomic mass is 10.2. The first-order valence-electron chi connectivity index (χ1n) is 8.76. The average Bonchev–Trinajstić information content (AvgIpc) is 3.00. The number of alkyl halides is 3. The molecule has 142 valence electrons. The summed E-state index contributed by atoms with van der Waals surface area (Å²) in [6, 6.07) is 14.1. The Morgan fingerprint density at radius 3 is 2.44 bits per heavy atom. The highest BCUT2D eigenvalue weighted by Gasteiger charge is 2.37. The van der Waals surface area contributed by atoms with Crippen molar-refractivity contribution < 1.29 is 17.9 Å². The minimum Gasteiger partial charge on any atom is -0.493 e. The molecule has 1 heterocycles. The molecule has 0 bridgehead atoms. The van der Waals surface area contributed by atoms with Gasteiger partial charge in [-0.3, -0.25) is 0 Å². The predicted octanol–water partition coefficient (Wildman–Crippen LogP) is 5.80. The molecule has 0 aliphatic heterocycles. The summed E-state index contributed by atoms with van der Waals surface area (Å²) >= 11 is 0. The predicted molar refractivity (Wildman–Crippen MR) is 101 cm³/mol. The highest BCUT2D eigenvalue weighted by atomic mass is 19.4. The number of para-hydroxylation sites is 2. The van der Waals surface area contributed by atoms with E-state index in [-0.39, 0.29) is 6.54 Å². The standard InChI is InChI=1S/C21H21F3N2O/c1-15(2)14-27-17-11-9-16(10-12-17)6-5-13-26-19-8-4-3-7-18(19)25-20(26)21(22,23)24/h3-12,15H,13-14H2,1-2H3/b6-5-. The second-order valence-corrected chi connectivity index (χ2v) is 6.71. The van der Waals surface area contributed by atoms with Crippen molar-refractivity contribution in [3.8, 4) is 5.75 Å². The Bertz CT molecular complexity index is 925. The summed E-state index contributed by atoms with van der Waals surface area (Å²) in [5.74, 6) is 0.337. The number of nitrogens with zero attached hydrogens (tertiary/aromatic N) is 2. The third-order valence-electron chi connectivity index (χ3n) is 3.97. The molecule has 3 nitrogen and oxygen atoms in total. The highest BCUT2D eigenvalue weighted by Crippen LogP contribution is 2.31. The minimum absolute atomic E-state index is 0.0843. The first-order valence-corrected chi connectivity index (χ1v) is 8.76. The molecule has 0 saturated heterocycles. The minimum atomic E-state index is -4.50. The molecule has 0 aliphatic carbocycles. The second kappa shape index (κ2) is 7.86. The zero-order chi connectivity index (χ0) is 19.4. The molecule has 2 aromatic carbocycles. The number of aromatic nitrogens is 2. The molecule has 0 saturated carbocycles. The van der Waals surface area contributed by atoms with Gasteiger partial charge in [0.2, 0.25) is 5.82 Å². The van der Waals surface area contributed by atoms with E-state index in [1.165, 1.54) is 4.57 Å². The van der Waals surface area contributed by atoms with Gasteiger partial charge in [-0.2, -0.15) is 13.2 Å². The van der Waals surface area contributed by atoms with Crippen molar-refractivity contribution in [3.05, 3.63) is 66.0 Å². The van der Waals surface area contributed by atoms with E-state index in [0.717, 1.165) is 11.3 Å². The summed E-state index contributed by atoms with van der Waals surface area (Å²) in [5, 5.41) is 0. The van der Waals surface area contributed by atoms with Gasteiger partial charge in [-0.25, -0.2) is 4.98 Å². The molecule has 0 spiro atoms. The van der Waals surface area contributed by atoms with Crippen molar-refractivity contribution in [3.63, 3.8) is 0 Å². The Kier molecular flexibility index (Phi) is 5.54. The fourth-order valence-corrected chi connectivity index (χ4v) is 2.71. The zero-order valence-electron chi connectivity index (χ0n) is 15.2. The summed E-state index contributed by atoms with van der Waals surface area (Å²) in [5.41, 5.74) is 1.70. The van der Waals surface area contributed by atoms with E-state index in [2.05, 4.69) is 18.8 Å². The Morgan fingerprint density at radius 1 is 1.07 bits per heavy atom. The van der Waals surface area contributed by atoms with Crippen molar-refractivity contribution in [1.29, 1.82) is 0 Å². The summed E-state index contributed by atoms with van der Waals surface area (Å²) in [6.45, 7) is 4.88. The van der Waals surface area contributed by atoms with Crippen LogP contribution in [0.5, 0.6) is 5.75 Å². The van der Waals surface area contributed by atoms with E-state index < -0.39 is 12.0 Å². The van der Waals surface area contributed by atoms with Crippen LogP contribution >= 0.6 is 0 Å². The van der Waals surface area contributed by atoms with Gasteiger partial charge in [0.1, 0.15) is 5.75 Å². The van der Waals surface area contributed by atoms with Crippen LogP contribution in [0.4, 0.5) is 13.2 Å². The van der Waals surface area contributed by atoms with Crippen LogP contribution in [-0.2, 0) is 12.7 Å². The van der Waals surface area contributed by atoms with Crippen LogP contribution in [0.15, 0.2) is 54.6 Å². The third kappa shape index (κ3) is 4.70. The van der Waals surface area contributed by atoms with Crippen LogP contribution in [0.2, 0.25) is 0 Å². The second-order valence-electron chi connectivity index (χ2n) is 6.71. The maximum Gasteiger partial charge on any atom is 0.449 e. The van der Waals surface area contributed by atoms with Crippen molar-refractivity contribution in [1.82, 2.24) is 9.55 Å². The monoisotopic (exact) mass is 374 g/mol. The van der Waals surface area contributed by atoms with Gasteiger partial charge in [0.25, 0.3) is 0 Å². The maximum absolute atomic E-state index is 13.3. The molecule has 1 aromatic heterocycles. The summed E-state index contributed by atoms with van der Waals surface area (Å²) in [6.07, 6.45) is -1.00. The van der Waals surface area contributed by atoms with Crippen molar-refractivity contribution in [2.75, 3.05) is 6.61 Å². The zero-order valence-corrected chi connectivity index (χ0v) is 15.2. The summed E-state index contributed by atoms with van der Waals surface area (Å²) in [4.78, 5) is 3.74. The van der Waals surface area contributed by atoms with Crippen LogP contribution in [0.3, 0.4) is 0 Å². The van der Waals surface area contributed by atoms with Gasteiger partial charge in [-0.05, 0) is 35.7 Å². The number of fused-ring (bicyclic) bond motifs is 1. The van der Waals surface area contributed by atoms with E-state index in [4.69, 9.17) is 4.74 Å². The molecule has 0 atom stereocenters. The number of halogens is 3. The number of ether oxygens (including phenoxy) is 1. The summed E-state index contributed by atoms with van der Waals surface area (Å²) in [7, 11) is 0. The quantitative estimate of drug-likeness (QED) is 0.545. The number of allylic oxidation sites excluding steroid dienone is 1. The Labute approximate surface area is 156 Å². The molecule has 0 N–H and O–H groups in total. The largest absolute Gasteiger partial charge is 0.493 e. The Hall–Kier alpha value is -2.76. The van der Waals surface area contributed by atoms with Gasteiger partial charge in [0.05, 0.1) is 17.6 Å². The maximum atomic E-state index is 13.3. The molecule has 0 amide bonds. The van der Waals surface area contributed by atoms with E-state index in [0.29, 0.717) is 23.6 Å². The molecular weight excluding hydrogens is 353 g/mol. The Balaban J connectivity index is 1.76. The number of imidazole rings is 1. The van der Waals surface area contributed by atoms with Gasteiger partial charge in [-0.1, -0.05) is 50.3 Å². The number of hydrogen-bond donors (Lipinski definition) is 0. The van der Waals surface area contributed by atoms with Gasteiger partial charge < -0.3 is 9.30 Å². The van der Waals surface area contributed by atoms with Gasteiger partial charge >= 0.3 is 6.18 Å². The number of rotatable bonds is 6. The van der Waals surface area contributed by atoms with Crippen LogP contribution in [0, 0.1) is 5.92 Å². The van der Waals surface area contributed by atoms with Crippen LogP contribution in [0.25, 0.3) is 17.1 Å². The molecule has 0 radical (unpaired) electrons. The first kappa shape index (κ1) is 19.0. The van der Waals surface area contributed by atoms with Crippen LogP contribution in [-0.4, -0.2) is 16.2 Å². The topological polar surface area (TPSA) is 27.1 Å². The third-order valence-corrected chi connectivity index (χ3v) is 3.97. The molecule has 0 aliphatic rings. The molecule has 3 rings (SSSR count). The fourth-order valence-electron chi connectivity index (χ4n) is 2.71. The van der Waals surface area contributed by atoms with Crippen molar-refractivity contribution >= 4 is 17.1 Å². The van der Waals surface area contributed by atoms with E-state index in [9.17, 15) is 13.2 Å². The van der Waals surface area contributed by atoms with E-state index >= 15 is 0 Å². The summed E-state index contributed by atoms with van der Waals surface area (Å²) < 4.78 is 46.7. The lowest BCUT2D eigenvalue weighted by molar-refractivity contribution is -0.146. The highest BCUT2D eigenvalue weighted by molar-refractivity contribution is 5.76. The lowest BCUT2D eigenvalue weighted by Crippen LogP contribution is -2.14. The molecule has 0 unspecified atom stereocenters. The smallest absolute Gasteiger partial charge is 0.449 e. The normalized spacial score (nSPS) is 12.4. The molecule has 3 aromatic rings. The van der Waals surface area contributed by atoms with Crippen molar-refractivity contribution in [2.45, 2.75) is 26.6 Å². The van der Waals surface area contributed by atoms with Gasteiger partial charge in [-0.15, -0.1) is 0 Å². The van der Waals surface area contributed by atoms with Crippen molar-refractivity contribution in [2.24, 2.45) is 5.92 Å². The molecular formula is C21H21F3N2O. The SMILES string of the molecule is CC(C)COc1ccc(/C=C\Cn2c(C(F)(F)F)nc3ccccc32)cc1. The number of hydrogen-bond acceptors (Lipinski definition) is 2. The first-order chi connectivity index (χ1) is 12.8. The molecule has 27 heavy (non-hydrogen) atoms. The molecule has 0 fully saturated rings. The number of benzene rings is 2. The lowest BCUT2D eigenvalue weighted by Gasteiger charge is -2.09. The fraction of sp³-hybridized carbons (Fsp3) is 0.286. The van der Waals surface area contributed by atoms with E-state index in [1.807, 2.05) is 24.3 Å². The van der Waals surface area contributed by atoms with Crippen LogP contribution < -0.4 is 4.74 Å². The Morgan fingerprint density at radius 2 is 1.78 bits per heavy atom. The van der Waals surface area contributed by atoms with E-state index in [1.54, 1.807) is 36.4 Å². The van der Waals surface area contributed by atoms with Gasteiger partial charge in [0.15, 0.2) is 0 Å². The molecule has 6 heteroatoms. The average molecular weight is 374 g/mol.